The zero-order valence-electron chi connectivity index (χ0n) is 10.9. The number of carboxylic acid groups (broad SMARTS) is 1. The molecule has 2 heterocycles. The van der Waals surface area contributed by atoms with Gasteiger partial charge in [0.15, 0.2) is 0 Å². The van der Waals surface area contributed by atoms with E-state index < -0.39 is 17.9 Å². The molecule has 3 rings (SSSR count). The van der Waals surface area contributed by atoms with Crippen molar-refractivity contribution in [2.45, 2.75) is 6.04 Å². The number of pyridine rings is 1. The summed E-state index contributed by atoms with van der Waals surface area (Å²) in [6, 6.07) is 7.68. The number of benzene rings is 1. The Morgan fingerprint density at radius 2 is 2.10 bits per heavy atom. The lowest BCUT2D eigenvalue weighted by Gasteiger charge is -2.20. The van der Waals surface area contributed by atoms with Crippen molar-refractivity contribution in [2.24, 2.45) is 0 Å². The Morgan fingerprint density at radius 1 is 1.33 bits per heavy atom. The highest BCUT2D eigenvalue weighted by Crippen LogP contribution is 2.23. The average Bonchev–Trinajstić information content (AvgIpc) is 2.96. The molecule has 0 radical (unpaired) electrons. The van der Waals surface area contributed by atoms with Crippen LogP contribution in [0.5, 0.6) is 0 Å². The minimum absolute atomic E-state index is 0.118. The predicted molar refractivity (Wildman–Crippen MR) is 79.5 cm³/mol. The highest BCUT2D eigenvalue weighted by atomic mass is 32.2. The monoisotopic (exact) mass is 304 g/mol. The van der Waals surface area contributed by atoms with Gasteiger partial charge in [-0.2, -0.15) is 0 Å². The van der Waals surface area contributed by atoms with Gasteiger partial charge in [-0.05, 0) is 17.5 Å². The van der Waals surface area contributed by atoms with E-state index >= 15 is 0 Å². The van der Waals surface area contributed by atoms with Crippen LogP contribution in [0.3, 0.4) is 0 Å². The molecule has 0 spiro atoms. The van der Waals surface area contributed by atoms with Gasteiger partial charge in [0, 0.05) is 11.1 Å². The Kier molecular flexibility index (Phi) is 3.42. The van der Waals surface area contributed by atoms with Crippen LogP contribution in [-0.2, 0) is 4.79 Å². The first-order chi connectivity index (χ1) is 10.1. The molecular formula is C14H12N2O4S. The van der Waals surface area contributed by atoms with Crippen molar-refractivity contribution < 1.29 is 14.7 Å². The number of carboxylic acids is 1. The smallest absolute Gasteiger partial charge is 0.327 e. The molecule has 1 aromatic carbocycles. The number of nitrogens with one attached hydrogen (secondary N) is 1. The summed E-state index contributed by atoms with van der Waals surface area (Å²) < 4.78 is 0. The Labute approximate surface area is 123 Å². The summed E-state index contributed by atoms with van der Waals surface area (Å²) in [6.45, 7) is 0. The second-order valence-corrected chi connectivity index (χ2v) is 5.73. The van der Waals surface area contributed by atoms with E-state index in [2.05, 4.69) is 4.98 Å². The van der Waals surface area contributed by atoms with Crippen molar-refractivity contribution in [2.75, 3.05) is 11.6 Å². The molecule has 1 fully saturated rings. The van der Waals surface area contributed by atoms with Crippen LogP contribution in [0.1, 0.15) is 10.5 Å². The van der Waals surface area contributed by atoms with Crippen molar-refractivity contribution in [3.05, 3.63) is 46.4 Å². The molecule has 1 aromatic heterocycles. The summed E-state index contributed by atoms with van der Waals surface area (Å²) in [7, 11) is 0. The van der Waals surface area contributed by atoms with Crippen LogP contribution in [0.25, 0.3) is 10.8 Å². The quantitative estimate of drug-likeness (QED) is 0.868. The number of thioether (sulfide) groups is 1. The van der Waals surface area contributed by atoms with Gasteiger partial charge in [-0.25, -0.2) is 4.79 Å². The van der Waals surface area contributed by atoms with Crippen molar-refractivity contribution in [3.63, 3.8) is 0 Å². The molecule has 1 atom stereocenters. The van der Waals surface area contributed by atoms with Crippen LogP contribution in [0, 0.1) is 0 Å². The fourth-order valence-electron chi connectivity index (χ4n) is 2.33. The van der Waals surface area contributed by atoms with Gasteiger partial charge < -0.3 is 15.0 Å². The Balaban J connectivity index is 2.02. The Bertz CT molecular complexity index is 786. The molecule has 1 saturated heterocycles. The number of carbonyl (C=O) groups excluding carboxylic acids is 1. The molecule has 1 amide bonds. The molecule has 0 saturated carbocycles. The predicted octanol–water partition coefficient (Wildman–Crippen LogP) is 1.13. The van der Waals surface area contributed by atoms with E-state index in [1.165, 1.54) is 16.7 Å². The summed E-state index contributed by atoms with van der Waals surface area (Å²) in [5.41, 5.74) is -0.234. The van der Waals surface area contributed by atoms with Crippen LogP contribution in [0.2, 0.25) is 0 Å². The summed E-state index contributed by atoms with van der Waals surface area (Å²) in [4.78, 5) is 39.4. The SMILES string of the molecule is O=C(O)[C@@H]1CSCN1C(=O)c1cc2ccccc2c(=O)[nH]1. The molecule has 0 bridgehead atoms. The topological polar surface area (TPSA) is 90.5 Å². The van der Waals surface area contributed by atoms with Gasteiger partial charge in [-0.3, -0.25) is 9.59 Å². The normalized spacial score (nSPS) is 18.1. The average molecular weight is 304 g/mol. The molecule has 1 aliphatic rings. The molecule has 7 heteroatoms. The second kappa shape index (κ2) is 5.25. The maximum atomic E-state index is 12.4. The standard InChI is InChI=1S/C14H12N2O4S/c17-12-9-4-2-1-3-8(9)5-10(15-12)13(18)16-7-21-6-11(16)14(19)20/h1-5,11H,6-7H2,(H,15,17)(H,19,20)/t11-/m0/s1. The van der Waals surface area contributed by atoms with E-state index in [4.69, 9.17) is 5.11 Å². The maximum absolute atomic E-state index is 12.4. The number of H-pyrrole nitrogens is 1. The maximum Gasteiger partial charge on any atom is 0.327 e. The minimum Gasteiger partial charge on any atom is -0.480 e. The molecule has 6 nitrogen and oxygen atoms in total. The summed E-state index contributed by atoms with van der Waals surface area (Å²) in [5.74, 6) is -0.824. The fourth-order valence-corrected chi connectivity index (χ4v) is 3.47. The van der Waals surface area contributed by atoms with Gasteiger partial charge in [0.05, 0.1) is 5.88 Å². The molecule has 2 N–H and O–H groups in total. The first-order valence-corrected chi connectivity index (χ1v) is 7.47. The van der Waals surface area contributed by atoms with Gasteiger partial charge in [0.2, 0.25) is 0 Å². The Morgan fingerprint density at radius 3 is 2.86 bits per heavy atom. The molecule has 1 aliphatic heterocycles. The van der Waals surface area contributed by atoms with Crippen molar-refractivity contribution >= 4 is 34.4 Å². The fraction of sp³-hybridized carbons (Fsp3) is 0.214. The van der Waals surface area contributed by atoms with Gasteiger partial charge >= 0.3 is 5.97 Å². The van der Waals surface area contributed by atoms with Crippen LogP contribution in [0.15, 0.2) is 35.1 Å². The van der Waals surface area contributed by atoms with Crippen LogP contribution in [-0.4, -0.2) is 44.5 Å². The number of aromatic amines is 1. The Hall–Kier alpha value is -2.28. The van der Waals surface area contributed by atoms with Crippen LogP contribution in [0.4, 0.5) is 0 Å². The number of aromatic nitrogens is 1. The zero-order chi connectivity index (χ0) is 15.0. The molecule has 108 valence electrons. The number of rotatable bonds is 2. The molecule has 2 aromatic rings. The third-order valence-electron chi connectivity index (χ3n) is 3.41. The summed E-state index contributed by atoms with van der Waals surface area (Å²) in [5, 5.41) is 10.3. The number of amides is 1. The largest absolute Gasteiger partial charge is 0.480 e. The lowest BCUT2D eigenvalue weighted by Crippen LogP contribution is -2.42. The zero-order valence-corrected chi connectivity index (χ0v) is 11.7. The molecule has 0 aliphatic carbocycles. The highest BCUT2D eigenvalue weighted by Gasteiger charge is 2.35. The number of carbonyl (C=O) groups is 2. The van der Waals surface area contributed by atoms with E-state index in [0.29, 0.717) is 22.4 Å². The van der Waals surface area contributed by atoms with Crippen molar-refractivity contribution in [3.8, 4) is 0 Å². The van der Waals surface area contributed by atoms with E-state index in [0.717, 1.165) is 0 Å². The van der Waals surface area contributed by atoms with Gasteiger partial charge in [0.1, 0.15) is 11.7 Å². The lowest BCUT2D eigenvalue weighted by molar-refractivity contribution is -0.140. The highest BCUT2D eigenvalue weighted by molar-refractivity contribution is 7.99. The first-order valence-electron chi connectivity index (χ1n) is 6.31. The lowest BCUT2D eigenvalue weighted by atomic mass is 10.1. The van der Waals surface area contributed by atoms with Crippen molar-refractivity contribution in [1.29, 1.82) is 0 Å². The first kappa shape index (κ1) is 13.7. The molecular weight excluding hydrogens is 292 g/mol. The minimum atomic E-state index is -1.03. The van der Waals surface area contributed by atoms with E-state index in [1.54, 1.807) is 30.3 Å². The van der Waals surface area contributed by atoms with Crippen LogP contribution < -0.4 is 5.56 Å². The molecule has 21 heavy (non-hydrogen) atoms. The number of hydrogen-bond donors (Lipinski definition) is 2. The number of nitrogens with zero attached hydrogens (tertiary/aromatic N) is 1. The second-order valence-electron chi connectivity index (χ2n) is 4.73. The summed E-state index contributed by atoms with van der Waals surface area (Å²) in [6.07, 6.45) is 0. The molecule has 0 unspecified atom stereocenters. The van der Waals surface area contributed by atoms with Gasteiger partial charge in [-0.1, -0.05) is 18.2 Å². The van der Waals surface area contributed by atoms with E-state index in [1.807, 2.05) is 0 Å². The number of aliphatic carboxylic acids is 1. The summed E-state index contributed by atoms with van der Waals surface area (Å²) >= 11 is 1.38. The van der Waals surface area contributed by atoms with E-state index in [9.17, 15) is 14.4 Å². The van der Waals surface area contributed by atoms with Crippen molar-refractivity contribution in [1.82, 2.24) is 9.88 Å². The van der Waals surface area contributed by atoms with Gasteiger partial charge in [-0.15, -0.1) is 11.8 Å². The van der Waals surface area contributed by atoms with Crippen LogP contribution >= 0.6 is 11.8 Å². The van der Waals surface area contributed by atoms with E-state index in [-0.39, 0.29) is 11.3 Å². The number of hydrogen-bond acceptors (Lipinski definition) is 4. The number of fused-ring (bicyclic) bond motifs is 1. The third-order valence-corrected chi connectivity index (χ3v) is 4.42. The van der Waals surface area contributed by atoms with Gasteiger partial charge in [0.25, 0.3) is 11.5 Å². The third kappa shape index (κ3) is 2.40.